The fourth-order valence-corrected chi connectivity index (χ4v) is 4.36. The molecule has 2 aromatic rings. The van der Waals surface area contributed by atoms with E-state index in [0.29, 0.717) is 38.0 Å². The first-order chi connectivity index (χ1) is 13.5. The molecule has 3 heterocycles. The van der Waals surface area contributed by atoms with E-state index in [9.17, 15) is 14.7 Å². The minimum atomic E-state index is -0.638. The molecule has 0 saturated carbocycles. The average Bonchev–Trinajstić information content (AvgIpc) is 2.71. The van der Waals surface area contributed by atoms with Crippen LogP contribution < -0.4 is 5.32 Å². The number of carbonyl (C=O) groups excluding carboxylic acids is 2. The molecule has 2 fully saturated rings. The maximum Gasteiger partial charge on any atom is 0.272 e. The van der Waals surface area contributed by atoms with E-state index in [1.165, 1.54) is 0 Å². The molecule has 2 aliphatic heterocycles. The van der Waals surface area contributed by atoms with Gasteiger partial charge in [0.2, 0.25) is 5.91 Å². The van der Waals surface area contributed by atoms with Crippen molar-refractivity contribution < 1.29 is 14.7 Å². The Hall–Kier alpha value is -2.73. The normalized spacial score (nSPS) is 24.1. The number of benzene rings is 1. The van der Waals surface area contributed by atoms with Crippen molar-refractivity contribution in [3.8, 4) is 0 Å². The van der Waals surface area contributed by atoms with E-state index in [1.807, 2.05) is 49.4 Å². The third kappa shape index (κ3) is 3.40. The van der Waals surface area contributed by atoms with Crippen LogP contribution in [0.4, 0.5) is 0 Å². The van der Waals surface area contributed by atoms with Crippen molar-refractivity contribution in [1.29, 1.82) is 0 Å². The van der Waals surface area contributed by atoms with Gasteiger partial charge in [-0.1, -0.05) is 36.4 Å². The number of aliphatic hydroxyl groups excluding tert-OH is 1. The molecular formula is C22H25N3O3. The molecule has 146 valence electrons. The van der Waals surface area contributed by atoms with Gasteiger partial charge in [-0.3, -0.25) is 9.59 Å². The summed E-state index contributed by atoms with van der Waals surface area (Å²) in [6, 6.07) is 14.6. The van der Waals surface area contributed by atoms with E-state index in [-0.39, 0.29) is 17.9 Å². The maximum atomic E-state index is 13.0. The number of rotatable bonds is 2. The second-order valence-corrected chi connectivity index (χ2v) is 7.87. The van der Waals surface area contributed by atoms with E-state index >= 15 is 0 Å². The molecule has 6 nitrogen and oxygen atoms in total. The van der Waals surface area contributed by atoms with E-state index in [4.69, 9.17) is 0 Å². The highest BCUT2D eigenvalue weighted by Gasteiger charge is 2.49. The number of nitrogens with one attached hydrogen (secondary N) is 1. The highest BCUT2D eigenvalue weighted by molar-refractivity contribution is 5.92. The molecule has 1 spiro atoms. The van der Waals surface area contributed by atoms with Crippen LogP contribution in [-0.2, 0) is 4.79 Å². The van der Waals surface area contributed by atoms with Crippen molar-refractivity contribution in [1.82, 2.24) is 15.2 Å². The number of amides is 2. The summed E-state index contributed by atoms with van der Waals surface area (Å²) in [5.74, 6) is -0.120. The molecule has 2 N–H and O–H groups in total. The van der Waals surface area contributed by atoms with E-state index in [0.717, 1.165) is 11.3 Å². The number of piperidine rings is 2. The molecule has 4 rings (SSSR count). The summed E-state index contributed by atoms with van der Waals surface area (Å²) in [5.41, 5.74) is 1.55. The largest absolute Gasteiger partial charge is 0.391 e. The minimum absolute atomic E-state index is 0.0209. The third-order valence-corrected chi connectivity index (χ3v) is 6.03. The summed E-state index contributed by atoms with van der Waals surface area (Å²) in [6.07, 6.45) is 0.883. The first-order valence-electron chi connectivity index (χ1n) is 9.75. The Morgan fingerprint density at radius 2 is 1.86 bits per heavy atom. The summed E-state index contributed by atoms with van der Waals surface area (Å²) in [7, 11) is 0. The number of pyridine rings is 1. The molecule has 28 heavy (non-hydrogen) atoms. The standard InChI is InChI=1S/C22H25N3O3/c1-15-6-5-9-17(23-15)20(27)25-12-10-22(11-13-25)14-18(26)19(24-21(22)28)16-7-3-2-4-8-16/h2-9,18-19,26H,10-14H2,1H3,(H,24,28)/t18-,19+/m1/s1. The molecule has 0 aliphatic carbocycles. The number of hydrogen-bond acceptors (Lipinski definition) is 4. The molecular weight excluding hydrogens is 354 g/mol. The van der Waals surface area contributed by atoms with E-state index < -0.39 is 11.5 Å². The Balaban J connectivity index is 1.44. The van der Waals surface area contributed by atoms with Crippen molar-refractivity contribution in [3.05, 3.63) is 65.5 Å². The Labute approximate surface area is 164 Å². The molecule has 2 atom stereocenters. The van der Waals surface area contributed by atoms with Crippen molar-refractivity contribution >= 4 is 11.8 Å². The van der Waals surface area contributed by atoms with E-state index in [2.05, 4.69) is 10.3 Å². The van der Waals surface area contributed by atoms with Crippen LogP contribution in [0.25, 0.3) is 0 Å². The molecule has 0 radical (unpaired) electrons. The summed E-state index contributed by atoms with van der Waals surface area (Å²) >= 11 is 0. The zero-order valence-electron chi connectivity index (χ0n) is 16.0. The monoisotopic (exact) mass is 379 g/mol. The van der Waals surface area contributed by atoms with Crippen LogP contribution in [0.15, 0.2) is 48.5 Å². The lowest BCUT2D eigenvalue weighted by atomic mass is 9.69. The predicted molar refractivity (Wildman–Crippen MR) is 104 cm³/mol. The maximum absolute atomic E-state index is 13.0. The van der Waals surface area contributed by atoms with Crippen LogP contribution in [0.5, 0.6) is 0 Å². The van der Waals surface area contributed by atoms with Gasteiger partial charge >= 0.3 is 0 Å². The molecule has 0 bridgehead atoms. The van der Waals surface area contributed by atoms with Gasteiger partial charge < -0.3 is 15.3 Å². The summed E-state index contributed by atoms with van der Waals surface area (Å²) in [4.78, 5) is 31.7. The van der Waals surface area contributed by atoms with Crippen LogP contribution >= 0.6 is 0 Å². The molecule has 2 saturated heterocycles. The molecule has 2 aliphatic rings. The summed E-state index contributed by atoms with van der Waals surface area (Å²) in [5, 5.41) is 13.8. The van der Waals surface area contributed by atoms with Crippen LogP contribution in [0.1, 0.15) is 47.1 Å². The van der Waals surface area contributed by atoms with Crippen molar-refractivity contribution in [2.24, 2.45) is 5.41 Å². The van der Waals surface area contributed by atoms with Crippen molar-refractivity contribution in [2.45, 2.75) is 38.3 Å². The SMILES string of the molecule is Cc1cccc(C(=O)N2CCC3(CC2)C[C@@H](O)[C@H](c2ccccc2)NC3=O)n1. The van der Waals surface area contributed by atoms with Gasteiger partial charge in [0.05, 0.1) is 17.6 Å². The fraction of sp³-hybridized carbons (Fsp3) is 0.409. The zero-order chi connectivity index (χ0) is 19.7. The number of aryl methyl sites for hydroxylation is 1. The molecule has 6 heteroatoms. The lowest BCUT2D eigenvalue weighted by Gasteiger charge is -2.46. The first kappa shape index (κ1) is 18.6. The number of carbonyl (C=O) groups is 2. The summed E-state index contributed by atoms with van der Waals surface area (Å²) in [6.45, 7) is 2.84. The Bertz CT molecular complexity index is 876. The van der Waals surface area contributed by atoms with Gasteiger partial charge in [0, 0.05) is 18.8 Å². The van der Waals surface area contributed by atoms with Crippen LogP contribution in [0.2, 0.25) is 0 Å². The number of likely N-dealkylation sites (tertiary alicyclic amines) is 1. The molecule has 0 unspecified atom stereocenters. The molecule has 1 aromatic carbocycles. The number of hydrogen-bond donors (Lipinski definition) is 2. The van der Waals surface area contributed by atoms with Gasteiger partial charge in [-0.25, -0.2) is 4.98 Å². The number of aliphatic hydroxyl groups is 1. The smallest absolute Gasteiger partial charge is 0.272 e. The Morgan fingerprint density at radius 1 is 1.14 bits per heavy atom. The van der Waals surface area contributed by atoms with Gasteiger partial charge in [0.25, 0.3) is 5.91 Å². The van der Waals surface area contributed by atoms with Gasteiger partial charge in [0.15, 0.2) is 0 Å². The quantitative estimate of drug-likeness (QED) is 0.838. The second-order valence-electron chi connectivity index (χ2n) is 7.87. The fourth-order valence-electron chi connectivity index (χ4n) is 4.36. The number of aromatic nitrogens is 1. The second kappa shape index (κ2) is 7.36. The molecule has 2 amide bonds. The highest BCUT2D eigenvalue weighted by Crippen LogP contribution is 2.42. The van der Waals surface area contributed by atoms with Crippen molar-refractivity contribution in [3.63, 3.8) is 0 Å². The number of nitrogens with zero attached hydrogens (tertiary/aromatic N) is 2. The van der Waals surface area contributed by atoms with Crippen molar-refractivity contribution in [2.75, 3.05) is 13.1 Å². The minimum Gasteiger partial charge on any atom is -0.391 e. The zero-order valence-corrected chi connectivity index (χ0v) is 16.0. The van der Waals surface area contributed by atoms with Gasteiger partial charge in [-0.05, 0) is 43.9 Å². The lowest BCUT2D eigenvalue weighted by Crippen LogP contribution is -2.57. The lowest BCUT2D eigenvalue weighted by molar-refractivity contribution is -0.143. The van der Waals surface area contributed by atoms with Crippen LogP contribution in [0.3, 0.4) is 0 Å². The van der Waals surface area contributed by atoms with Crippen LogP contribution in [0, 0.1) is 12.3 Å². The van der Waals surface area contributed by atoms with Crippen LogP contribution in [-0.4, -0.2) is 46.0 Å². The predicted octanol–water partition coefficient (Wildman–Crippen LogP) is 2.23. The Kier molecular flexibility index (Phi) is 4.89. The van der Waals surface area contributed by atoms with Gasteiger partial charge in [-0.15, -0.1) is 0 Å². The third-order valence-electron chi connectivity index (χ3n) is 6.03. The summed E-state index contributed by atoms with van der Waals surface area (Å²) < 4.78 is 0. The Morgan fingerprint density at radius 3 is 2.54 bits per heavy atom. The van der Waals surface area contributed by atoms with E-state index in [1.54, 1.807) is 11.0 Å². The highest BCUT2D eigenvalue weighted by atomic mass is 16.3. The van der Waals surface area contributed by atoms with Gasteiger partial charge in [0.1, 0.15) is 5.69 Å². The first-order valence-corrected chi connectivity index (χ1v) is 9.75. The molecule has 1 aromatic heterocycles. The van der Waals surface area contributed by atoms with Gasteiger partial charge in [-0.2, -0.15) is 0 Å². The average molecular weight is 379 g/mol. The topological polar surface area (TPSA) is 82.5 Å².